The van der Waals surface area contributed by atoms with Gasteiger partial charge in [0, 0.05) is 21.2 Å². The van der Waals surface area contributed by atoms with E-state index in [0.29, 0.717) is 21.9 Å². The molecule has 2 aromatic rings. The molecule has 0 aliphatic carbocycles. The molecule has 2 aromatic carbocycles. The molecule has 0 spiro atoms. The first-order valence-corrected chi connectivity index (χ1v) is 6.28. The van der Waals surface area contributed by atoms with Crippen molar-refractivity contribution in [3.8, 4) is 5.75 Å². The molecule has 0 aromatic heterocycles. The van der Waals surface area contributed by atoms with Crippen molar-refractivity contribution in [2.24, 2.45) is 0 Å². The van der Waals surface area contributed by atoms with Crippen LogP contribution >= 0.6 is 23.2 Å². The molecule has 0 unspecified atom stereocenters. The Balaban J connectivity index is 2.26. The molecule has 0 N–H and O–H groups in total. The summed E-state index contributed by atoms with van der Waals surface area (Å²) < 4.78 is 32.3. The first kappa shape index (κ1) is 14.8. The highest BCUT2D eigenvalue weighted by molar-refractivity contribution is 6.35. The van der Waals surface area contributed by atoms with Crippen molar-refractivity contribution >= 4 is 29.5 Å². The van der Waals surface area contributed by atoms with E-state index in [1.54, 1.807) is 18.2 Å². The number of aldehydes is 1. The SMILES string of the molecule is O=Cc1cc(F)c(OCc2c(Cl)cccc2Cl)c(F)c1. The molecule has 0 aliphatic heterocycles. The molecule has 20 heavy (non-hydrogen) atoms. The first-order chi connectivity index (χ1) is 9.52. The Kier molecular flexibility index (Phi) is 4.57. The van der Waals surface area contributed by atoms with Crippen LogP contribution < -0.4 is 4.74 Å². The van der Waals surface area contributed by atoms with E-state index in [9.17, 15) is 13.6 Å². The molecule has 0 fully saturated rings. The molecular weight excluding hydrogens is 309 g/mol. The van der Waals surface area contributed by atoms with Crippen LogP contribution in [0.15, 0.2) is 30.3 Å². The van der Waals surface area contributed by atoms with Crippen molar-refractivity contribution in [1.82, 2.24) is 0 Å². The summed E-state index contributed by atoms with van der Waals surface area (Å²) in [6.45, 7) is -0.188. The lowest BCUT2D eigenvalue weighted by atomic mass is 10.2. The Morgan fingerprint density at radius 1 is 1.10 bits per heavy atom. The van der Waals surface area contributed by atoms with Gasteiger partial charge in [-0.1, -0.05) is 29.3 Å². The maximum atomic E-state index is 13.6. The second kappa shape index (κ2) is 6.20. The Labute approximate surface area is 123 Å². The second-order valence-electron chi connectivity index (χ2n) is 3.92. The van der Waals surface area contributed by atoms with Gasteiger partial charge in [-0.15, -0.1) is 0 Å². The van der Waals surface area contributed by atoms with E-state index in [-0.39, 0.29) is 12.2 Å². The summed E-state index contributed by atoms with van der Waals surface area (Å²) in [6, 6.07) is 6.61. The molecule has 0 atom stereocenters. The van der Waals surface area contributed by atoms with Crippen LogP contribution in [0, 0.1) is 11.6 Å². The monoisotopic (exact) mass is 316 g/mol. The maximum absolute atomic E-state index is 13.6. The second-order valence-corrected chi connectivity index (χ2v) is 4.73. The smallest absolute Gasteiger partial charge is 0.191 e. The third-order valence-electron chi connectivity index (χ3n) is 2.58. The summed E-state index contributed by atoms with van der Waals surface area (Å²) in [5, 5.41) is 0.672. The highest BCUT2D eigenvalue weighted by atomic mass is 35.5. The quantitative estimate of drug-likeness (QED) is 0.767. The van der Waals surface area contributed by atoms with E-state index in [0.717, 1.165) is 12.1 Å². The summed E-state index contributed by atoms with van der Waals surface area (Å²) in [5.41, 5.74) is 0.317. The van der Waals surface area contributed by atoms with Crippen LogP contribution in [0.25, 0.3) is 0 Å². The van der Waals surface area contributed by atoms with E-state index in [1.165, 1.54) is 0 Å². The van der Waals surface area contributed by atoms with Crippen molar-refractivity contribution in [3.63, 3.8) is 0 Å². The molecule has 0 saturated heterocycles. The van der Waals surface area contributed by atoms with Crippen molar-refractivity contribution < 1.29 is 18.3 Å². The van der Waals surface area contributed by atoms with Gasteiger partial charge in [-0.2, -0.15) is 0 Å². The van der Waals surface area contributed by atoms with Gasteiger partial charge in [-0.3, -0.25) is 4.79 Å². The first-order valence-electron chi connectivity index (χ1n) is 5.53. The van der Waals surface area contributed by atoms with Gasteiger partial charge in [0.25, 0.3) is 0 Å². The Morgan fingerprint density at radius 2 is 1.65 bits per heavy atom. The summed E-state index contributed by atoms with van der Waals surface area (Å²) in [5.74, 6) is -2.50. The van der Waals surface area contributed by atoms with Crippen LogP contribution in [-0.4, -0.2) is 6.29 Å². The van der Waals surface area contributed by atoms with Gasteiger partial charge in [-0.05, 0) is 24.3 Å². The van der Waals surface area contributed by atoms with Crippen LogP contribution in [0.3, 0.4) is 0 Å². The van der Waals surface area contributed by atoms with Crippen LogP contribution in [0.1, 0.15) is 15.9 Å². The molecule has 0 aliphatic rings. The Hall–Kier alpha value is -1.65. The third kappa shape index (κ3) is 3.08. The van der Waals surface area contributed by atoms with Gasteiger partial charge in [-0.25, -0.2) is 8.78 Å². The molecule has 2 nitrogen and oxygen atoms in total. The fraction of sp³-hybridized carbons (Fsp3) is 0.0714. The zero-order chi connectivity index (χ0) is 14.7. The van der Waals surface area contributed by atoms with Gasteiger partial charge in [0.1, 0.15) is 12.9 Å². The molecule has 0 radical (unpaired) electrons. The average molecular weight is 317 g/mol. The molecular formula is C14H8Cl2F2O2. The van der Waals surface area contributed by atoms with Crippen molar-refractivity contribution in [1.29, 1.82) is 0 Å². The summed E-state index contributed by atoms with van der Waals surface area (Å²) >= 11 is 11.8. The van der Waals surface area contributed by atoms with Gasteiger partial charge >= 0.3 is 0 Å². The van der Waals surface area contributed by atoms with Gasteiger partial charge in [0.15, 0.2) is 17.4 Å². The van der Waals surface area contributed by atoms with E-state index in [1.807, 2.05) is 0 Å². The number of halogens is 4. The number of benzene rings is 2. The highest BCUT2D eigenvalue weighted by Gasteiger charge is 2.14. The number of hydrogen-bond donors (Lipinski definition) is 0. The Morgan fingerprint density at radius 3 is 2.15 bits per heavy atom. The average Bonchev–Trinajstić information content (AvgIpc) is 2.40. The topological polar surface area (TPSA) is 26.3 Å². The molecule has 104 valence electrons. The highest BCUT2D eigenvalue weighted by Crippen LogP contribution is 2.28. The van der Waals surface area contributed by atoms with E-state index < -0.39 is 17.4 Å². The predicted octanol–water partition coefficient (Wildman–Crippen LogP) is 4.66. The fourth-order valence-corrected chi connectivity index (χ4v) is 2.11. The van der Waals surface area contributed by atoms with Crippen LogP contribution in [0.2, 0.25) is 10.0 Å². The van der Waals surface area contributed by atoms with Crippen molar-refractivity contribution in [3.05, 3.63) is 63.1 Å². The van der Waals surface area contributed by atoms with Crippen molar-refractivity contribution in [2.45, 2.75) is 6.61 Å². The standard InChI is InChI=1S/C14H8Cl2F2O2/c15-10-2-1-3-11(16)9(10)7-20-14-12(17)4-8(6-19)5-13(14)18/h1-6H,7H2. The third-order valence-corrected chi connectivity index (χ3v) is 3.29. The van der Waals surface area contributed by atoms with E-state index in [4.69, 9.17) is 27.9 Å². The fourth-order valence-electron chi connectivity index (χ4n) is 1.60. The molecule has 2 rings (SSSR count). The minimum Gasteiger partial charge on any atom is -0.483 e. The number of rotatable bonds is 4. The minimum atomic E-state index is -0.963. The molecule has 0 heterocycles. The lowest BCUT2D eigenvalue weighted by molar-refractivity contribution is 0.112. The Bertz CT molecular complexity index is 616. The van der Waals surface area contributed by atoms with Gasteiger partial charge in [0.2, 0.25) is 0 Å². The predicted molar refractivity (Wildman–Crippen MR) is 72.5 cm³/mol. The zero-order valence-electron chi connectivity index (χ0n) is 10.00. The van der Waals surface area contributed by atoms with E-state index >= 15 is 0 Å². The number of hydrogen-bond acceptors (Lipinski definition) is 2. The van der Waals surface area contributed by atoms with Gasteiger partial charge in [0.05, 0.1) is 0 Å². The minimum absolute atomic E-state index is 0.108. The largest absolute Gasteiger partial charge is 0.483 e. The van der Waals surface area contributed by atoms with Crippen LogP contribution in [-0.2, 0) is 6.61 Å². The lowest BCUT2D eigenvalue weighted by Gasteiger charge is -2.11. The van der Waals surface area contributed by atoms with Crippen LogP contribution in [0.5, 0.6) is 5.75 Å². The summed E-state index contributed by atoms with van der Waals surface area (Å²) in [4.78, 5) is 10.5. The maximum Gasteiger partial charge on any atom is 0.191 e. The molecule has 0 saturated carbocycles. The molecule has 6 heteroatoms. The van der Waals surface area contributed by atoms with Gasteiger partial charge < -0.3 is 4.74 Å². The normalized spacial score (nSPS) is 10.4. The summed E-state index contributed by atoms with van der Waals surface area (Å²) in [6.07, 6.45) is 0.348. The number of ether oxygens (including phenoxy) is 1. The van der Waals surface area contributed by atoms with Crippen LogP contribution in [0.4, 0.5) is 8.78 Å². The molecule has 0 bridgehead atoms. The lowest BCUT2D eigenvalue weighted by Crippen LogP contribution is -2.02. The number of carbonyl (C=O) groups is 1. The summed E-state index contributed by atoms with van der Waals surface area (Å²) in [7, 11) is 0. The number of carbonyl (C=O) groups excluding carboxylic acids is 1. The molecule has 0 amide bonds. The zero-order valence-corrected chi connectivity index (χ0v) is 11.5. The van der Waals surface area contributed by atoms with E-state index in [2.05, 4.69) is 0 Å². The van der Waals surface area contributed by atoms with Crippen molar-refractivity contribution in [2.75, 3.05) is 0 Å².